The van der Waals surface area contributed by atoms with Crippen LogP contribution in [0, 0.1) is 5.82 Å². The summed E-state index contributed by atoms with van der Waals surface area (Å²) < 4.78 is 25.0. The Hall–Kier alpha value is -2.47. The quantitative estimate of drug-likeness (QED) is 0.750. The summed E-state index contributed by atoms with van der Waals surface area (Å²) in [5.41, 5.74) is 0.0941. The van der Waals surface area contributed by atoms with E-state index in [2.05, 4.69) is 5.32 Å². The number of nitrogens with zero attached hydrogens (tertiary/aromatic N) is 1. The van der Waals surface area contributed by atoms with Crippen molar-refractivity contribution in [3.8, 4) is 11.5 Å². The molecule has 0 unspecified atom stereocenters. The number of urea groups is 1. The Morgan fingerprint density at radius 1 is 1.19 bits per heavy atom. The van der Waals surface area contributed by atoms with Crippen molar-refractivity contribution in [1.29, 1.82) is 0 Å². The molecule has 0 radical (unpaired) electrons. The third-order valence-electron chi connectivity index (χ3n) is 3.41. The first kappa shape index (κ1) is 19.8. The first-order chi connectivity index (χ1) is 12.3. The van der Waals surface area contributed by atoms with E-state index >= 15 is 0 Å². The van der Waals surface area contributed by atoms with E-state index in [0.717, 1.165) is 0 Å². The fourth-order valence-corrected chi connectivity index (χ4v) is 2.21. The molecule has 0 aliphatic carbocycles. The summed E-state index contributed by atoms with van der Waals surface area (Å²) in [6, 6.07) is 10.9. The molecule has 0 aliphatic heterocycles. The van der Waals surface area contributed by atoms with Crippen LogP contribution in [0.15, 0.2) is 42.5 Å². The highest BCUT2D eigenvalue weighted by Gasteiger charge is 2.12. The van der Waals surface area contributed by atoms with Crippen molar-refractivity contribution < 1.29 is 18.7 Å². The molecular weight excluding hydrogens is 359 g/mol. The highest BCUT2D eigenvalue weighted by atomic mass is 35.5. The first-order valence-electron chi connectivity index (χ1n) is 8.22. The predicted molar refractivity (Wildman–Crippen MR) is 101 cm³/mol. The van der Waals surface area contributed by atoms with E-state index < -0.39 is 11.8 Å². The summed E-state index contributed by atoms with van der Waals surface area (Å²) in [6.45, 7) is 4.35. The van der Waals surface area contributed by atoms with Gasteiger partial charge in [0, 0.05) is 18.1 Å². The smallest absolute Gasteiger partial charge is 0.321 e. The monoisotopic (exact) mass is 380 g/mol. The van der Waals surface area contributed by atoms with E-state index in [1.54, 1.807) is 37.4 Å². The molecule has 0 saturated carbocycles. The van der Waals surface area contributed by atoms with Crippen LogP contribution < -0.4 is 14.8 Å². The van der Waals surface area contributed by atoms with Crippen molar-refractivity contribution in [2.24, 2.45) is 0 Å². The van der Waals surface area contributed by atoms with Gasteiger partial charge in [0.05, 0.1) is 18.3 Å². The molecule has 2 amide bonds. The fourth-order valence-electron chi connectivity index (χ4n) is 2.09. The zero-order chi connectivity index (χ0) is 19.1. The zero-order valence-corrected chi connectivity index (χ0v) is 15.7. The van der Waals surface area contributed by atoms with E-state index in [4.69, 9.17) is 21.1 Å². The van der Waals surface area contributed by atoms with Gasteiger partial charge in [0.25, 0.3) is 0 Å². The minimum Gasteiger partial charge on any atom is -0.492 e. The standard InChI is InChI=1S/C19H22ClFN2O3/c1-13(2)26-16-8-9-18(17(21)12-16)22-19(24)23(3)10-11-25-15-6-4-14(20)5-7-15/h4-9,12-13H,10-11H2,1-3H3,(H,22,24). The van der Waals surface area contributed by atoms with Gasteiger partial charge in [-0.3, -0.25) is 0 Å². The van der Waals surface area contributed by atoms with Gasteiger partial charge in [-0.15, -0.1) is 0 Å². The molecule has 140 valence electrons. The number of carbonyl (C=O) groups is 1. The number of amides is 2. The summed E-state index contributed by atoms with van der Waals surface area (Å²) in [5.74, 6) is 0.525. The van der Waals surface area contributed by atoms with Crippen molar-refractivity contribution in [2.45, 2.75) is 20.0 Å². The number of carbonyl (C=O) groups excluding carboxylic acids is 1. The highest BCUT2D eigenvalue weighted by Crippen LogP contribution is 2.22. The molecule has 5 nitrogen and oxygen atoms in total. The Labute approximate surface area is 157 Å². The largest absolute Gasteiger partial charge is 0.492 e. The Kier molecular flexibility index (Phi) is 7.09. The van der Waals surface area contributed by atoms with E-state index in [1.165, 1.54) is 17.0 Å². The van der Waals surface area contributed by atoms with Gasteiger partial charge in [-0.2, -0.15) is 0 Å². The molecule has 2 rings (SSSR count). The summed E-state index contributed by atoms with van der Waals surface area (Å²) in [4.78, 5) is 13.6. The van der Waals surface area contributed by atoms with Crippen LogP contribution in [0.2, 0.25) is 5.02 Å². The van der Waals surface area contributed by atoms with Gasteiger partial charge in [0.15, 0.2) is 0 Å². The Morgan fingerprint density at radius 2 is 1.85 bits per heavy atom. The van der Waals surface area contributed by atoms with Crippen LogP contribution in [0.3, 0.4) is 0 Å². The molecule has 0 saturated heterocycles. The molecule has 26 heavy (non-hydrogen) atoms. The Balaban J connectivity index is 1.83. The molecule has 0 aromatic heterocycles. The van der Waals surface area contributed by atoms with Crippen molar-refractivity contribution >= 4 is 23.3 Å². The van der Waals surface area contributed by atoms with Crippen LogP contribution in [0.4, 0.5) is 14.9 Å². The maximum absolute atomic E-state index is 14.1. The number of rotatable bonds is 7. The SMILES string of the molecule is CC(C)Oc1ccc(NC(=O)N(C)CCOc2ccc(Cl)cc2)c(F)c1. The summed E-state index contributed by atoms with van der Waals surface area (Å²) >= 11 is 5.81. The number of nitrogens with one attached hydrogen (secondary N) is 1. The van der Waals surface area contributed by atoms with Gasteiger partial charge in [-0.05, 0) is 50.2 Å². The molecule has 7 heteroatoms. The van der Waals surface area contributed by atoms with Crippen molar-refractivity contribution in [2.75, 3.05) is 25.5 Å². The van der Waals surface area contributed by atoms with Crippen LogP contribution >= 0.6 is 11.6 Å². The number of hydrogen-bond donors (Lipinski definition) is 1. The number of benzene rings is 2. The average Bonchev–Trinajstić information content (AvgIpc) is 2.58. The van der Waals surface area contributed by atoms with Gasteiger partial charge in [-0.1, -0.05) is 11.6 Å². The number of anilines is 1. The zero-order valence-electron chi connectivity index (χ0n) is 15.0. The molecule has 1 N–H and O–H groups in total. The summed E-state index contributed by atoms with van der Waals surface area (Å²) in [6.07, 6.45) is -0.0541. The normalized spacial score (nSPS) is 10.5. The average molecular weight is 381 g/mol. The highest BCUT2D eigenvalue weighted by molar-refractivity contribution is 6.30. The molecule has 0 atom stereocenters. The minimum atomic E-state index is -0.553. The second kappa shape index (κ2) is 9.29. The van der Waals surface area contributed by atoms with Crippen LogP contribution in [0.5, 0.6) is 11.5 Å². The number of hydrogen-bond acceptors (Lipinski definition) is 3. The molecular formula is C19H22ClFN2O3. The molecule has 0 bridgehead atoms. The van der Waals surface area contributed by atoms with Crippen molar-refractivity contribution in [3.05, 3.63) is 53.3 Å². The van der Waals surface area contributed by atoms with Crippen LogP contribution in [-0.2, 0) is 0 Å². The lowest BCUT2D eigenvalue weighted by atomic mass is 10.3. The molecule has 0 spiro atoms. The lowest BCUT2D eigenvalue weighted by molar-refractivity contribution is 0.207. The van der Waals surface area contributed by atoms with Crippen LogP contribution in [-0.4, -0.2) is 37.2 Å². The number of ether oxygens (including phenoxy) is 2. The van der Waals surface area contributed by atoms with E-state index in [0.29, 0.717) is 29.7 Å². The molecule has 0 aliphatic rings. The predicted octanol–water partition coefficient (Wildman–Crippen LogP) is 4.81. The van der Waals surface area contributed by atoms with Gasteiger partial charge in [-0.25, -0.2) is 9.18 Å². The lowest BCUT2D eigenvalue weighted by Gasteiger charge is -2.19. The third-order valence-corrected chi connectivity index (χ3v) is 3.66. The molecule has 2 aromatic carbocycles. The second-order valence-electron chi connectivity index (χ2n) is 5.96. The maximum atomic E-state index is 14.1. The fraction of sp³-hybridized carbons (Fsp3) is 0.316. The minimum absolute atomic E-state index is 0.0541. The second-order valence-corrected chi connectivity index (χ2v) is 6.40. The van der Waals surface area contributed by atoms with Crippen molar-refractivity contribution in [1.82, 2.24) is 4.90 Å². The Morgan fingerprint density at radius 3 is 2.46 bits per heavy atom. The van der Waals surface area contributed by atoms with E-state index in [-0.39, 0.29) is 11.8 Å². The first-order valence-corrected chi connectivity index (χ1v) is 8.59. The third kappa shape index (κ3) is 6.11. The lowest BCUT2D eigenvalue weighted by Crippen LogP contribution is -2.34. The number of halogens is 2. The molecule has 0 fully saturated rings. The van der Waals surface area contributed by atoms with Gasteiger partial charge < -0.3 is 19.7 Å². The number of likely N-dealkylation sites (N-methyl/N-ethyl adjacent to an activating group) is 1. The topological polar surface area (TPSA) is 50.8 Å². The summed E-state index contributed by atoms with van der Waals surface area (Å²) in [7, 11) is 1.61. The van der Waals surface area contributed by atoms with Gasteiger partial charge in [0.1, 0.15) is 23.9 Å². The maximum Gasteiger partial charge on any atom is 0.321 e. The van der Waals surface area contributed by atoms with Crippen LogP contribution in [0.1, 0.15) is 13.8 Å². The van der Waals surface area contributed by atoms with Crippen molar-refractivity contribution in [3.63, 3.8) is 0 Å². The molecule has 2 aromatic rings. The van der Waals surface area contributed by atoms with Gasteiger partial charge >= 0.3 is 6.03 Å². The Bertz CT molecular complexity index is 738. The van der Waals surface area contributed by atoms with E-state index in [1.807, 2.05) is 13.8 Å². The van der Waals surface area contributed by atoms with Crippen LogP contribution in [0.25, 0.3) is 0 Å². The summed E-state index contributed by atoms with van der Waals surface area (Å²) in [5, 5.41) is 3.16. The van der Waals surface area contributed by atoms with Gasteiger partial charge in [0.2, 0.25) is 0 Å². The molecule has 0 heterocycles. The van der Waals surface area contributed by atoms with E-state index in [9.17, 15) is 9.18 Å².